The zero-order valence-electron chi connectivity index (χ0n) is 45.8. The SMILES string of the molecule is CN(CCCCC(=O)CCCC(=O)c1cc(CC(=O)CCCC(=O)c2cc(CC(=O)c3nc(CC(=O)CCCC(=O)c4cc(CC(=O)c5nccn5C)cn4C)cn3C)cn2C)cn1C)CCCCC(=O)C(C)(C)C. The third-order valence-electron chi connectivity index (χ3n) is 13.7. The van der Waals surface area contributed by atoms with E-state index in [1.54, 1.807) is 113 Å². The molecule has 0 spiro atoms. The van der Waals surface area contributed by atoms with Gasteiger partial charge in [0.05, 0.1) is 29.2 Å². The Balaban J connectivity index is 0.960. The molecule has 0 saturated carbocycles. The van der Waals surface area contributed by atoms with Crippen LogP contribution in [0.2, 0.25) is 0 Å². The molecule has 0 aliphatic rings. The molecular formula is C58H78N8O9. The van der Waals surface area contributed by atoms with Gasteiger partial charge in [0.15, 0.2) is 29.0 Å². The Morgan fingerprint density at radius 2 is 0.880 bits per heavy atom. The minimum atomic E-state index is -0.286. The van der Waals surface area contributed by atoms with Crippen molar-refractivity contribution in [2.24, 2.45) is 40.7 Å². The van der Waals surface area contributed by atoms with Crippen LogP contribution >= 0.6 is 0 Å². The number of imidazole rings is 2. The molecular weight excluding hydrogens is 953 g/mol. The normalized spacial score (nSPS) is 11.7. The highest BCUT2D eigenvalue weighted by molar-refractivity contribution is 5.99. The fourth-order valence-electron chi connectivity index (χ4n) is 9.37. The molecule has 0 atom stereocenters. The molecule has 0 fully saturated rings. The van der Waals surface area contributed by atoms with E-state index >= 15 is 0 Å². The van der Waals surface area contributed by atoms with Gasteiger partial charge in [-0.2, -0.15) is 0 Å². The van der Waals surface area contributed by atoms with E-state index in [0.29, 0.717) is 84.0 Å². The van der Waals surface area contributed by atoms with Gasteiger partial charge in [-0.05, 0) is 100.0 Å². The van der Waals surface area contributed by atoms with Gasteiger partial charge >= 0.3 is 0 Å². The first-order valence-electron chi connectivity index (χ1n) is 26.4. The molecule has 0 aromatic carbocycles. The van der Waals surface area contributed by atoms with E-state index in [2.05, 4.69) is 21.9 Å². The van der Waals surface area contributed by atoms with E-state index in [-0.39, 0.29) is 115 Å². The van der Waals surface area contributed by atoms with E-state index < -0.39 is 0 Å². The summed E-state index contributed by atoms with van der Waals surface area (Å²) in [6.45, 7) is 7.69. The molecule has 0 aliphatic heterocycles. The molecule has 17 heteroatoms. The van der Waals surface area contributed by atoms with Crippen LogP contribution in [0.5, 0.6) is 0 Å². The Morgan fingerprint density at radius 3 is 1.35 bits per heavy atom. The predicted octanol–water partition coefficient (Wildman–Crippen LogP) is 8.16. The largest absolute Gasteiger partial charge is 0.348 e. The van der Waals surface area contributed by atoms with Crippen LogP contribution in [0.15, 0.2) is 55.4 Å². The fourth-order valence-corrected chi connectivity index (χ4v) is 9.37. The fraction of sp³-hybridized carbons (Fsp3) is 0.534. The molecule has 5 aromatic rings. The molecule has 5 rings (SSSR count). The predicted molar refractivity (Wildman–Crippen MR) is 285 cm³/mol. The lowest BCUT2D eigenvalue weighted by Crippen LogP contribution is -2.22. The number of carbonyl (C=O) groups is 9. The zero-order valence-corrected chi connectivity index (χ0v) is 45.8. The number of aromatic nitrogens is 7. The molecule has 5 heterocycles. The molecule has 0 N–H and O–H groups in total. The summed E-state index contributed by atoms with van der Waals surface area (Å²) < 4.78 is 8.32. The molecule has 0 unspecified atom stereocenters. The number of ketones is 9. The summed E-state index contributed by atoms with van der Waals surface area (Å²) in [6.07, 6.45) is 17.5. The van der Waals surface area contributed by atoms with Crippen LogP contribution < -0.4 is 0 Å². The molecule has 0 saturated heterocycles. The molecule has 0 amide bonds. The monoisotopic (exact) mass is 1030 g/mol. The van der Waals surface area contributed by atoms with Gasteiger partial charge in [-0.1, -0.05) is 20.8 Å². The maximum absolute atomic E-state index is 13.4. The summed E-state index contributed by atoms with van der Waals surface area (Å²) in [5, 5.41) is 0. The van der Waals surface area contributed by atoms with Crippen LogP contribution in [0.1, 0.15) is 192 Å². The molecule has 5 aromatic heterocycles. The molecule has 0 aliphatic carbocycles. The van der Waals surface area contributed by atoms with Crippen molar-refractivity contribution >= 4 is 52.0 Å². The second-order valence-electron chi connectivity index (χ2n) is 21.5. The quantitative estimate of drug-likeness (QED) is 0.0278. The third-order valence-corrected chi connectivity index (χ3v) is 13.7. The summed E-state index contributed by atoms with van der Waals surface area (Å²) in [5.41, 5.74) is 3.58. The van der Waals surface area contributed by atoms with Gasteiger partial charge in [0.25, 0.3) is 0 Å². The minimum Gasteiger partial charge on any atom is -0.348 e. The topological polar surface area (TPSA) is 207 Å². The average molecular weight is 1030 g/mol. The van der Waals surface area contributed by atoms with Crippen LogP contribution in [0.4, 0.5) is 0 Å². The van der Waals surface area contributed by atoms with Crippen molar-refractivity contribution in [3.05, 3.63) is 106 Å². The van der Waals surface area contributed by atoms with Crippen LogP contribution in [0, 0.1) is 5.41 Å². The van der Waals surface area contributed by atoms with E-state index in [1.807, 2.05) is 20.8 Å². The second kappa shape index (κ2) is 27.7. The van der Waals surface area contributed by atoms with Crippen molar-refractivity contribution in [3.8, 4) is 0 Å². The number of carbonyl (C=O) groups excluding carboxylic acids is 9. The lowest BCUT2D eigenvalue weighted by molar-refractivity contribution is -0.126. The summed E-state index contributed by atoms with van der Waals surface area (Å²) in [4.78, 5) is 127. The highest BCUT2D eigenvalue weighted by atomic mass is 16.2. The first kappa shape index (κ1) is 59.1. The first-order valence-corrected chi connectivity index (χ1v) is 26.4. The van der Waals surface area contributed by atoms with Gasteiger partial charge in [0, 0.05) is 148 Å². The maximum Gasteiger partial charge on any atom is 0.202 e. The number of hydrogen-bond donors (Lipinski definition) is 0. The van der Waals surface area contributed by atoms with Crippen molar-refractivity contribution in [1.82, 2.24) is 37.7 Å². The Bertz CT molecular complexity index is 2860. The Kier molecular flexibility index (Phi) is 21.8. The van der Waals surface area contributed by atoms with Crippen LogP contribution in [0.3, 0.4) is 0 Å². The smallest absolute Gasteiger partial charge is 0.202 e. The molecule has 404 valence electrons. The third kappa shape index (κ3) is 18.3. The Labute approximate surface area is 441 Å². The van der Waals surface area contributed by atoms with Crippen molar-refractivity contribution in [3.63, 3.8) is 0 Å². The highest BCUT2D eigenvalue weighted by Gasteiger charge is 2.23. The van der Waals surface area contributed by atoms with Crippen molar-refractivity contribution < 1.29 is 43.2 Å². The van der Waals surface area contributed by atoms with Gasteiger partial charge in [-0.25, -0.2) is 9.97 Å². The molecule has 75 heavy (non-hydrogen) atoms. The van der Waals surface area contributed by atoms with E-state index in [4.69, 9.17) is 0 Å². The lowest BCUT2D eigenvalue weighted by Gasteiger charge is -2.18. The Hall–Kier alpha value is -6.75. The van der Waals surface area contributed by atoms with Gasteiger partial charge in [-0.3, -0.25) is 43.2 Å². The number of unbranched alkanes of at least 4 members (excludes halogenated alkanes) is 2. The van der Waals surface area contributed by atoms with E-state index in [9.17, 15) is 43.2 Å². The van der Waals surface area contributed by atoms with Gasteiger partial charge in [0.1, 0.15) is 23.1 Å². The van der Waals surface area contributed by atoms with E-state index in [1.165, 1.54) is 0 Å². The first-order chi connectivity index (χ1) is 35.5. The number of aryl methyl sites for hydroxylation is 5. The van der Waals surface area contributed by atoms with Gasteiger partial charge < -0.3 is 27.7 Å². The van der Waals surface area contributed by atoms with Gasteiger partial charge in [0.2, 0.25) is 11.6 Å². The van der Waals surface area contributed by atoms with Crippen molar-refractivity contribution in [2.45, 2.75) is 143 Å². The number of hydrogen-bond acceptors (Lipinski definition) is 12. The summed E-state index contributed by atoms with van der Waals surface area (Å²) in [7, 11) is 10.7. The maximum atomic E-state index is 13.4. The number of rotatable bonds is 35. The van der Waals surface area contributed by atoms with Gasteiger partial charge in [-0.15, -0.1) is 0 Å². The lowest BCUT2D eigenvalue weighted by atomic mass is 9.88. The summed E-state index contributed by atoms with van der Waals surface area (Å²) in [5.74, 6) is 0.0241. The zero-order chi connectivity index (χ0) is 55.0. The average Bonchev–Trinajstić information content (AvgIpc) is 4.18. The van der Waals surface area contributed by atoms with Crippen LogP contribution in [-0.2, 0) is 80.1 Å². The highest BCUT2D eigenvalue weighted by Crippen LogP contribution is 2.21. The number of nitrogens with zero attached hydrogens (tertiary/aromatic N) is 8. The molecule has 17 nitrogen and oxygen atoms in total. The van der Waals surface area contributed by atoms with Crippen LogP contribution in [-0.4, -0.2) is 110 Å². The number of Topliss-reactive ketones (excluding diaryl/α,β-unsaturated/α-hetero) is 9. The molecule has 0 radical (unpaired) electrons. The summed E-state index contributed by atoms with van der Waals surface area (Å²) >= 11 is 0. The van der Waals surface area contributed by atoms with Crippen LogP contribution in [0.25, 0.3) is 0 Å². The minimum absolute atomic E-state index is 0.00825. The van der Waals surface area contributed by atoms with Crippen molar-refractivity contribution in [2.75, 3.05) is 20.1 Å². The second-order valence-corrected chi connectivity index (χ2v) is 21.5. The standard InChI is InChI=1S/C58H78N8O9/c1-58(2,3)55(75)24-11-13-27-61(4)26-12-10-17-44(67)18-14-21-50(70)47-30-40(36-63(47)6)29-45(68)19-15-22-51(71)49-32-42(38-65(49)8)34-54(74)57-60-43(39-66(57)9)35-46(69)20-16-23-52(72)48-31-41(37-64(48)7)33-53(73)56-59-25-28-62(56)5/h25,28,30-32,36-39H,10-24,26-27,29,33-35H2,1-9H3. The molecule has 0 bridgehead atoms. The summed E-state index contributed by atoms with van der Waals surface area (Å²) in [6, 6.07) is 5.12. The van der Waals surface area contributed by atoms with Crippen molar-refractivity contribution in [1.29, 1.82) is 0 Å². The van der Waals surface area contributed by atoms with E-state index in [0.717, 1.165) is 44.3 Å². The Morgan fingerprint density at radius 1 is 0.453 bits per heavy atom.